The standard InChI is InChI=1S/C8H5F4NO2/c9-4-2-13-8(12)3(1-5(14)15)6(4)7(10)11/h2,7H,1H2,(H,14,15). The smallest absolute Gasteiger partial charge is 0.308 e. The Bertz CT molecular complexity index is 394. The van der Waals surface area contributed by atoms with Gasteiger partial charge in [0.15, 0.2) is 5.82 Å². The molecule has 1 heterocycles. The number of aliphatic carboxylic acids is 1. The summed E-state index contributed by atoms with van der Waals surface area (Å²) in [7, 11) is 0. The monoisotopic (exact) mass is 223 g/mol. The van der Waals surface area contributed by atoms with E-state index in [1.165, 1.54) is 0 Å². The molecule has 0 fully saturated rings. The molecule has 0 bridgehead atoms. The molecule has 3 nitrogen and oxygen atoms in total. The maximum atomic E-state index is 12.9. The van der Waals surface area contributed by atoms with Gasteiger partial charge in [0.2, 0.25) is 5.95 Å². The molecule has 1 N–H and O–H groups in total. The highest BCUT2D eigenvalue weighted by atomic mass is 19.3. The van der Waals surface area contributed by atoms with E-state index in [0.717, 1.165) is 0 Å². The van der Waals surface area contributed by atoms with Crippen molar-refractivity contribution in [2.75, 3.05) is 0 Å². The zero-order chi connectivity index (χ0) is 11.6. The van der Waals surface area contributed by atoms with Crippen LogP contribution >= 0.6 is 0 Å². The minimum atomic E-state index is -3.28. The average Bonchev–Trinajstić information content (AvgIpc) is 2.10. The molecule has 0 aliphatic carbocycles. The maximum absolute atomic E-state index is 12.9. The van der Waals surface area contributed by atoms with E-state index < -0.39 is 41.7 Å². The normalized spacial score (nSPS) is 10.7. The summed E-state index contributed by atoms with van der Waals surface area (Å²) in [5, 5.41) is 8.33. The van der Waals surface area contributed by atoms with Crippen LogP contribution in [-0.4, -0.2) is 16.1 Å². The van der Waals surface area contributed by atoms with E-state index >= 15 is 0 Å². The Morgan fingerprint density at radius 3 is 2.53 bits per heavy atom. The Morgan fingerprint density at radius 2 is 2.07 bits per heavy atom. The first-order chi connectivity index (χ1) is 6.93. The second kappa shape index (κ2) is 4.24. The molecule has 0 aliphatic rings. The Kier molecular flexibility index (Phi) is 3.23. The van der Waals surface area contributed by atoms with Gasteiger partial charge in [-0.15, -0.1) is 0 Å². The van der Waals surface area contributed by atoms with Gasteiger partial charge in [0.1, 0.15) is 0 Å². The van der Waals surface area contributed by atoms with Gasteiger partial charge < -0.3 is 5.11 Å². The molecular weight excluding hydrogens is 218 g/mol. The van der Waals surface area contributed by atoms with E-state index in [4.69, 9.17) is 5.11 Å². The van der Waals surface area contributed by atoms with E-state index in [1.54, 1.807) is 0 Å². The van der Waals surface area contributed by atoms with Crippen molar-refractivity contribution in [3.05, 3.63) is 29.1 Å². The fourth-order valence-corrected chi connectivity index (χ4v) is 1.07. The van der Waals surface area contributed by atoms with Gasteiger partial charge in [-0.1, -0.05) is 0 Å². The molecule has 1 aromatic rings. The van der Waals surface area contributed by atoms with Crippen molar-refractivity contribution < 1.29 is 27.5 Å². The fourth-order valence-electron chi connectivity index (χ4n) is 1.07. The molecule has 1 aromatic heterocycles. The van der Waals surface area contributed by atoms with E-state index in [9.17, 15) is 22.4 Å². The van der Waals surface area contributed by atoms with Gasteiger partial charge in [-0.05, 0) is 0 Å². The van der Waals surface area contributed by atoms with Crippen molar-refractivity contribution in [3.8, 4) is 0 Å². The summed E-state index contributed by atoms with van der Waals surface area (Å²) in [6.07, 6.45) is -4.02. The molecule has 15 heavy (non-hydrogen) atoms. The van der Waals surface area contributed by atoms with Crippen molar-refractivity contribution in [2.24, 2.45) is 0 Å². The van der Waals surface area contributed by atoms with Crippen LogP contribution in [0.1, 0.15) is 17.6 Å². The third-order valence-electron chi connectivity index (χ3n) is 1.67. The molecular formula is C8H5F4NO2. The summed E-state index contributed by atoms with van der Waals surface area (Å²) < 4.78 is 50.3. The van der Waals surface area contributed by atoms with Crippen LogP contribution in [0.15, 0.2) is 6.20 Å². The molecule has 0 radical (unpaired) electrons. The van der Waals surface area contributed by atoms with Crippen LogP contribution in [0.25, 0.3) is 0 Å². The van der Waals surface area contributed by atoms with Crippen LogP contribution in [0.2, 0.25) is 0 Å². The highest BCUT2D eigenvalue weighted by molar-refractivity contribution is 5.70. The predicted octanol–water partition coefficient (Wildman–Crippen LogP) is 1.92. The minimum absolute atomic E-state index is 0.294. The number of pyridine rings is 1. The molecule has 82 valence electrons. The number of carboxylic acids is 1. The Balaban J connectivity index is 3.31. The first-order valence-corrected chi connectivity index (χ1v) is 3.76. The zero-order valence-corrected chi connectivity index (χ0v) is 7.18. The summed E-state index contributed by atoms with van der Waals surface area (Å²) in [5.74, 6) is -4.35. The van der Waals surface area contributed by atoms with Crippen LogP contribution in [0, 0.1) is 11.8 Å². The molecule has 0 spiro atoms. The molecule has 0 aromatic carbocycles. The number of alkyl halides is 2. The zero-order valence-electron chi connectivity index (χ0n) is 7.18. The van der Waals surface area contributed by atoms with Gasteiger partial charge in [0.05, 0.1) is 18.2 Å². The number of hydrogen-bond acceptors (Lipinski definition) is 2. The Labute approximate surface area is 81.4 Å². The molecule has 0 amide bonds. The average molecular weight is 223 g/mol. The number of carbonyl (C=O) groups is 1. The quantitative estimate of drug-likeness (QED) is 0.629. The van der Waals surface area contributed by atoms with E-state index in [1.807, 2.05) is 0 Å². The number of hydrogen-bond donors (Lipinski definition) is 1. The van der Waals surface area contributed by atoms with E-state index in [0.29, 0.717) is 6.20 Å². The highest BCUT2D eigenvalue weighted by Gasteiger charge is 2.24. The number of halogens is 4. The van der Waals surface area contributed by atoms with Gasteiger partial charge in [-0.25, -0.2) is 18.2 Å². The van der Waals surface area contributed by atoms with Crippen molar-refractivity contribution in [1.82, 2.24) is 4.98 Å². The topological polar surface area (TPSA) is 50.2 Å². The third kappa shape index (κ3) is 2.42. The van der Waals surface area contributed by atoms with Crippen molar-refractivity contribution in [2.45, 2.75) is 12.8 Å². The maximum Gasteiger partial charge on any atom is 0.308 e. The molecule has 0 atom stereocenters. The van der Waals surface area contributed by atoms with Gasteiger partial charge in [-0.3, -0.25) is 4.79 Å². The van der Waals surface area contributed by atoms with Gasteiger partial charge in [0, 0.05) is 5.56 Å². The number of rotatable bonds is 3. The number of carboxylic acid groups (broad SMARTS) is 1. The van der Waals surface area contributed by atoms with Crippen LogP contribution in [0.4, 0.5) is 17.6 Å². The Morgan fingerprint density at radius 1 is 1.47 bits per heavy atom. The fraction of sp³-hybridized carbons (Fsp3) is 0.250. The lowest BCUT2D eigenvalue weighted by molar-refractivity contribution is -0.136. The van der Waals surface area contributed by atoms with Crippen molar-refractivity contribution >= 4 is 5.97 Å². The lowest BCUT2D eigenvalue weighted by Crippen LogP contribution is -2.10. The lowest BCUT2D eigenvalue weighted by atomic mass is 10.1. The largest absolute Gasteiger partial charge is 0.481 e. The first kappa shape index (κ1) is 11.4. The lowest BCUT2D eigenvalue weighted by Gasteiger charge is -2.07. The summed E-state index contributed by atoms with van der Waals surface area (Å²) in [5.41, 5.74) is -2.16. The molecule has 0 saturated carbocycles. The Hall–Kier alpha value is -1.66. The molecule has 7 heteroatoms. The second-order valence-corrected chi connectivity index (χ2v) is 2.66. The second-order valence-electron chi connectivity index (χ2n) is 2.66. The first-order valence-electron chi connectivity index (χ1n) is 3.76. The summed E-state index contributed by atoms with van der Waals surface area (Å²) in [4.78, 5) is 13.1. The van der Waals surface area contributed by atoms with Crippen molar-refractivity contribution in [1.29, 1.82) is 0 Å². The summed E-state index contributed by atoms with van der Waals surface area (Å²) >= 11 is 0. The predicted molar refractivity (Wildman–Crippen MR) is 40.4 cm³/mol. The summed E-state index contributed by atoms with van der Waals surface area (Å²) in [6, 6.07) is 0. The number of nitrogens with zero attached hydrogens (tertiary/aromatic N) is 1. The van der Waals surface area contributed by atoms with Gasteiger partial charge in [-0.2, -0.15) is 4.39 Å². The van der Waals surface area contributed by atoms with Gasteiger partial charge >= 0.3 is 5.97 Å². The van der Waals surface area contributed by atoms with Crippen LogP contribution < -0.4 is 0 Å². The third-order valence-corrected chi connectivity index (χ3v) is 1.67. The van der Waals surface area contributed by atoms with Crippen LogP contribution in [0.5, 0.6) is 0 Å². The highest BCUT2D eigenvalue weighted by Crippen LogP contribution is 2.27. The summed E-state index contributed by atoms with van der Waals surface area (Å²) in [6.45, 7) is 0. The molecule has 0 aliphatic heterocycles. The van der Waals surface area contributed by atoms with E-state index in [-0.39, 0.29) is 0 Å². The van der Waals surface area contributed by atoms with Gasteiger partial charge in [0.25, 0.3) is 6.43 Å². The SMILES string of the molecule is O=C(O)Cc1c(F)ncc(F)c1C(F)F. The molecule has 1 rings (SSSR count). The van der Waals surface area contributed by atoms with Crippen LogP contribution in [0.3, 0.4) is 0 Å². The van der Waals surface area contributed by atoms with Crippen molar-refractivity contribution in [3.63, 3.8) is 0 Å². The van der Waals surface area contributed by atoms with Crippen LogP contribution in [-0.2, 0) is 11.2 Å². The minimum Gasteiger partial charge on any atom is -0.481 e. The molecule has 0 saturated heterocycles. The number of aromatic nitrogens is 1. The van der Waals surface area contributed by atoms with E-state index in [2.05, 4.69) is 4.98 Å². The molecule has 0 unspecified atom stereocenters.